The minimum absolute atomic E-state index is 0.594. The van der Waals surface area contributed by atoms with Gasteiger partial charge >= 0.3 is 0 Å². The van der Waals surface area contributed by atoms with Gasteiger partial charge in [-0.05, 0) is 74.7 Å². The lowest BCUT2D eigenvalue weighted by Gasteiger charge is -2.12. The van der Waals surface area contributed by atoms with Crippen LogP contribution in [0.5, 0.6) is 0 Å². The Balaban J connectivity index is 1.04. The van der Waals surface area contributed by atoms with Gasteiger partial charge in [-0.2, -0.15) is 0 Å². The molecule has 7 aromatic carbocycles. The number of aromatic nitrogens is 3. The topological polar surface area (TPSA) is 65.0 Å². The van der Waals surface area contributed by atoms with Crippen LogP contribution >= 0.6 is 0 Å². The molecule has 0 fully saturated rings. The molecule has 0 amide bonds. The molecule has 1 aliphatic carbocycles. The van der Waals surface area contributed by atoms with Crippen molar-refractivity contribution in [2.75, 3.05) is 0 Å². The van der Waals surface area contributed by atoms with Crippen molar-refractivity contribution in [3.8, 4) is 33.9 Å². The maximum atomic E-state index is 6.47. The fraction of sp³-hybridized carbons (Fsp3) is 0.0208. The van der Waals surface area contributed by atoms with E-state index in [1.54, 1.807) is 0 Å². The first-order valence-corrected chi connectivity index (χ1v) is 17.8. The second-order valence-corrected chi connectivity index (χ2v) is 13.6. The van der Waals surface area contributed by atoms with Crippen molar-refractivity contribution >= 4 is 66.6 Å². The first-order valence-electron chi connectivity index (χ1n) is 17.8. The van der Waals surface area contributed by atoms with E-state index in [1.165, 1.54) is 27.1 Å². The van der Waals surface area contributed by atoms with Crippen molar-refractivity contribution in [3.63, 3.8) is 0 Å². The zero-order chi connectivity index (χ0) is 34.9. The van der Waals surface area contributed by atoms with Gasteiger partial charge in [0.15, 0.2) is 17.5 Å². The molecule has 248 valence electrons. The Morgan fingerprint density at radius 3 is 2.06 bits per heavy atom. The molecule has 0 spiro atoms. The largest absolute Gasteiger partial charge is 0.456 e. The molecule has 0 radical (unpaired) electrons. The molecule has 0 saturated carbocycles. The number of para-hydroxylation sites is 1. The Bertz CT molecular complexity index is 3150. The summed E-state index contributed by atoms with van der Waals surface area (Å²) in [5.41, 5.74) is 8.92. The molecule has 10 aromatic rings. The van der Waals surface area contributed by atoms with Crippen molar-refractivity contribution in [3.05, 3.63) is 174 Å². The highest BCUT2D eigenvalue weighted by Gasteiger charge is 2.22. The molecule has 0 unspecified atom stereocenters. The minimum atomic E-state index is 0.594. The Labute approximate surface area is 304 Å². The molecule has 0 atom stereocenters. The van der Waals surface area contributed by atoms with E-state index < -0.39 is 0 Å². The highest BCUT2D eigenvalue weighted by molar-refractivity contribution is 6.12. The average molecular weight is 680 g/mol. The normalized spacial score (nSPS) is 13.5. The molecule has 5 nitrogen and oxygen atoms in total. The number of nitrogens with zero attached hydrogens (tertiary/aromatic N) is 3. The van der Waals surface area contributed by atoms with Crippen LogP contribution in [0, 0.1) is 0 Å². The summed E-state index contributed by atoms with van der Waals surface area (Å²) in [7, 11) is 0. The van der Waals surface area contributed by atoms with Gasteiger partial charge in [0.25, 0.3) is 0 Å². The second kappa shape index (κ2) is 11.7. The summed E-state index contributed by atoms with van der Waals surface area (Å²) < 4.78 is 12.7. The van der Waals surface area contributed by atoms with Gasteiger partial charge in [0.1, 0.15) is 22.5 Å². The Hall–Kier alpha value is -7.11. The maximum Gasteiger partial charge on any atom is 0.164 e. The van der Waals surface area contributed by atoms with Gasteiger partial charge in [0, 0.05) is 39.3 Å². The molecule has 3 aromatic heterocycles. The third kappa shape index (κ3) is 4.89. The summed E-state index contributed by atoms with van der Waals surface area (Å²) in [5.74, 6) is 2.70. The van der Waals surface area contributed by atoms with Crippen LogP contribution in [-0.2, 0) is 6.42 Å². The van der Waals surface area contributed by atoms with Crippen LogP contribution in [0.4, 0.5) is 0 Å². The standard InChI is InChI=1S/C48H29N3O2/c1-2-11-32(12-3-1)47-49-44(50-48(51-47)37-16-9-19-43-46(37)36-14-6-7-17-40(36)52-43)27-29-20-25-41-39(26-29)45-35(15-8-18-42(45)53-41)33-24-23-31-22-21-30-10-4-5-13-34(30)38(31)28-33/h1-25,27-28H,26H2/b29-27+. The minimum Gasteiger partial charge on any atom is -0.456 e. The van der Waals surface area contributed by atoms with Crippen LogP contribution in [-0.4, -0.2) is 15.0 Å². The van der Waals surface area contributed by atoms with Gasteiger partial charge in [0.05, 0.1) is 0 Å². The molecule has 0 N–H and O–H groups in total. The van der Waals surface area contributed by atoms with Crippen LogP contribution in [0.1, 0.15) is 17.1 Å². The van der Waals surface area contributed by atoms with Crippen molar-refractivity contribution in [1.82, 2.24) is 15.0 Å². The van der Waals surface area contributed by atoms with Crippen LogP contribution in [0.25, 0.3) is 101 Å². The second-order valence-electron chi connectivity index (χ2n) is 13.6. The molecule has 0 saturated heterocycles. The first-order chi connectivity index (χ1) is 26.2. The average Bonchev–Trinajstić information content (AvgIpc) is 3.79. The van der Waals surface area contributed by atoms with Gasteiger partial charge in [-0.1, -0.05) is 127 Å². The number of rotatable bonds is 4. The van der Waals surface area contributed by atoms with Crippen LogP contribution in [0.2, 0.25) is 0 Å². The number of hydrogen-bond acceptors (Lipinski definition) is 5. The monoisotopic (exact) mass is 679 g/mol. The summed E-state index contributed by atoms with van der Waals surface area (Å²) in [6, 6.07) is 50.3. The van der Waals surface area contributed by atoms with Crippen molar-refractivity contribution in [2.24, 2.45) is 0 Å². The van der Waals surface area contributed by atoms with Crippen molar-refractivity contribution < 1.29 is 8.83 Å². The van der Waals surface area contributed by atoms with Gasteiger partial charge in [-0.25, -0.2) is 15.0 Å². The number of fused-ring (bicyclic) bond motifs is 9. The van der Waals surface area contributed by atoms with E-state index in [0.29, 0.717) is 23.9 Å². The molecular weight excluding hydrogens is 651 g/mol. The van der Waals surface area contributed by atoms with Gasteiger partial charge in [-0.15, -0.1) is 0 Å². The third-order valence-electron chi connectivity index (χ3n) is 10.4. The first kappa shape index (κ1) is 29.6. The molecule has 0 bridgehead atoms. The SMILES string of the molecule is C1=Cc2oc3cccc(-c4ccc5ccc6ccccc6c5c4)c3c2C/C1=C/c1nc(-c2ccccc2)nc(-c2cccc3oc4ccccc4c23)n1. The van der Waals surface area contributed by atoms with Gasteiger partial charge in [0.2, 0.25) is 0 Å². The Morgan fingerprint density at radius 2 is 1.17 bits per heavy atom. The fourth-order valence-electron chi connectivity index (χ4n) is 7.92. The van der Waals surface area contributed by atoms with E-state index in [9.17, 15) is 0 Å². The predicted molar refractivity (Wildman–Crippen MR) is 215 cm³/mol. The van der Waals surface area contributed by atoms with Gasteiger partial charge < -0.3 is 8.83 Å². The highest BCUT2D eigenvalue weighted by Crippen LogP contribution is 2.41. The fourth-order valence-corrected chi connectivity index (χ4v) is 7.92. The van der Waals surface area contributed by atoms with E-state index in [0.717, 1.165) is 66.5 Å². The van der Waals surface area contributed by atoms with Crippen LogP contribution in [0.15, 0.2) is 166 Å². The summed E-state index contributed by atoms with van der Waals surface area (Å²) in [4.78, 5) is 15.1. The molecule has 1 aliphatic rings. The van der Waals surface area contributed by atoms with Gasteiger partial charge in [-0.3, -0.25) is 0 Å². The van der Waals surface area contributed by atoms with Crippen LogP contribution < -0.4 is 0 Å². The Morgan fingerprint density at radius 1 is 0.472 bits per heavy atom. The molecule has 5 heteroatoms. The summed E-state index contributed by atoms with van der Waals surface area (Å²) in [6.45, 7) is 0. The maximum absolute atomic E-state index is 6.47. The zero-order valence-electron chi connectivity index (χ0n) is 28.5. The smallest absolute Gasteiger partial charge is 0.164 e. The zero-order valence-corrected chi connectivity index (χ0v) is 28.5. The lowest BCUT2D eigenvalue weighted by molar-refractivity contribution is 0.598. The van der Waals surface area contributed by atoms with E-state index in [4.69, 9.17) is 23.8 Å². The number of benzene rings is 7. The Kier molecular flexibility index (Phi) is 6.55. The summed E-state index contributed by atoms with van der Waals surface area (Å²) in [6.07, 6.45) is 6.94. The molecular formula is C48H29N3O2. The number of furan rings is 2. The van der Waals surface area contributed by atoms with E-state index in [1.807, 2.05) is 60.7 Å². The molecule has 3 heterocycles. The summed E-state index contributed by atoms with van der Waals surface area (Å²) in [5, 5.41) is 8.13. The highest BCUT2D eigenvalue weighted by atomic mass is 16.3. The summed E-state index contributed by atoms with van der Waals surface area (Å²) >= 11 is 0. The van der Waals surface area contributed by atoms with Crippen molar-refractivity contribution in [1.29, 1.82) is 0 Å². The van der Waals surface area contributed by atoms with E-state index in [2.05, 4.69) is 103 Å². The van der Waals surface area contributed by atoms with E-state index >= 15 is 0 Å². The molecule has 0 aliphatic heterocycles. The predicted octanol–water partition coefficient (Wildman–Crippen LogP) is 12.5. The number of allylic oxidation sites excluding steroid dienone is 2. The molecule has 11 rings (SSSR count). The van der Waals surface area contributed by atoms with Crippen molar-refractivity contribution in [2.45, 2.75) is 6.42 Å². The third-order valence-corrected chi connectivity index (χ3v) is 10.4. The lowest BCUT2D eigenvalue weighted by Crippen LogP contribution is -2.02. The molecule has 53 heavy (non-hydrogen) atoms. The number of hydrogen-bond donors (Lipinski definition) is 0. The van der Waals surface area contributed by atoms with Crippen LogP contribution in [0.3, 0.4) is 0 Å². The lowest BCUT2D eigenvalue weighted by atomic mass is 9.91. The van der Waals surface area contributed by atoms with E-state index in [-0.39, 0.29) is 0 Å². The quantitative estimate of drug-likeness (QED) is 0.173.